The summed E-state index contributed by atoms with van der Waals surface area (Å²) in [5, 5.41) is 3.22. The first-order valence-electron chi connectivity index (χ1n) is 6.43. The summed E-state index contributed by atoms with van der Waals surface area (Å²) in [6, 6.07) is 11.2. The topological polar surface area (TPSA) is 71.3 Å². The Morgan fingerprint density at radius 2 is 2.05 bits per heavy atom. The molecule has 1 aromatic heterocycles. The molecule has 2 aromatic rings. The van der Waals surface area contributed by atoms with E-state index in [-0.39, 0.29) is 11.1 Å². The summed E-state index contributed by atoms with van der Waals surface area (Å²) in [4.78, 5) is 0. The summed E-state index contributed by atoms with van der Waals surface area (Å²) >= 11 is 3.44. The summed E-state index contributed by atoms with van der Waals surface area (Å²) in [7, 11) is -2.17. The van der Waals surface area contributed by atoms with Gasteiger partial charge < -0.3 is 9.73 Å². The van der Waals surface area contributed by atoms with Crippen LogP contribution in [0.5, 0.6) is 0 Å². The highest BCUT2D eigenvalue weighted by Crippen LogP contribution is 2.19. The fourth-order valence-corrected chi connectivity index (χ4v) is 2.93. The zero-order valence-corrected chi connectivity index (χ0v) is 14.2. The lowest BCUT2D eigenvalue weighted by Crippen LogP contribution is -2.18. The van der Waals surface area contributed by atoms with Gasteiger partial charge in [0, 0.05) is 10.5 Å². The highest BCUT2D eigenvalue weighted by molar-refractivity contribution is 9.10. The van der Waals surface area contributed by atoms with Crippen molar-refractivity contribution in [2.75, 3.05) is 7.05 Å². The second-order valence-electron chi connectivity index (χ2n) is 4.59. The Kier molecular flexibility index (Phi) is 5.21. The van der Waals surface area contributed by atoms with Gasteiger partial charge in [-0.25, -0.2) is 13.1 Å². The second kappa shape index (κ2) is 6.74. The van der Waals surface area contributed by atoms with Gasteiger partial charge in [0.15, 0.2) is 0 Å². The predicted octanol–water partition coefficient (Wildman–Crippen LogP) is 2.80. The zero-order chi connectivity index (χ0) is 15.5. The first kappa shape index (κ1) is 16.2. The van der Waals surface area contributed by atoms with Crippen LogP contribution < -0.4 is 10.0 Å². The van der Waals surface area contributed by atoms with Gasteiger partial charge in [0.2, 0.25) is 5.09 Å². The Morgan fingerprint density at radius 3 is 2.71 bits per heavy atom. The van der Waals surface area contributed by atoms with Crippen LogP contribution in [0.15, 0.2) is 50.4 Å². The SMILES string of the molecule is CNS(=O)(=O)c1ccc(CN[C@@H](C)c2cccc(Br)c2)o1. The molecule has 0 aliphatic carbocycles. The minimum absolute atomic E-state index is 0.0723. The minimum Gasteiger partial charge on any atom is -0.447 e. The average Bonchev–Trinajstić information content (AvgIpc) is 2.94. The molecule has 2 rings (SSSR count). The van der Waals surface area contributed by atoms with E-state index >= 15 is 0 Å². The van der Waals surface area contributed by atoms with Crippen molar-refractivity contribution in [2.45, 2.75) is 24.6 Å². The van der Waals surface area contributed by atoms with Crippen molar-refractivity contribution in [3.8, 4) is 0 Å². The Labute approximate surface area is 132 Å². The van der Waals surface area contributed by atoms with E-state index in [2.05, 4.69) is 26.0 Å². The third-order valence-corrected chi connectivity index (χ3v) is 4.88. The smallest absolute Gasteiger partial charge is 0.273 e. The summed E-state index contributed by atoms with van der Waals surface area (Å²) < 4.78 is 31.7. The van der Waals surface area contributed by atoms with E-state index in [1.54, 1.807) is 6.07 Å². The molecular weight excluding hydrogens is 356 g/mol. The van der Waals surface area contributed by atoms with Crippen molar-refractivity contribution in [3.05, 3.63) is 52.2 Å². The van der Waals surface area contributed by atoms with Crippen molar-refractivity contribution in [1.82, 2.24) is 10.0 Å². The van der Waals surface area contributed by atoms with Crippen LogP contribution in [0.1, 0.15) is 24.3 Å². The molecule has 0 spiro atoms. The highest BCUT2D eigenvalue weighted by atomic mass is 79.9. The summed E-state index contributed by atoms with van der Waals surface area (Å²) in [6.07, 6.45) is 0. The third kappa shape index (κ3) is 4.16. The van der Waals surface area contributed by atoms with E-state index < -0.39 is 10.0 Å². The maximum Gasteiger partial charge on any atom is 0.273 e. The maximum absolute atomic E-state index is 11.6. The molecule has 0 fully saturated rings. The summed E-state index contributed by atoms with van der Waals surface area (Å²) in [6.45, 7) is 2.49. The number of hydrogen-bond donors (Lipinski definition) is 2. The predicted molar refractivity (Wildman–Crippen MR) is 84.4 cm³/mol. The lowest BCUT2D eigenvalue weighted by molar-refractivity contribution is 0.392. The molecule has 0 aliphatic heterocycles. The van der Waals surface area contributed by atoms with Gasteiger partial charge in [0.1, 0.15) is 5.76 Å². The van der Waals surface area contributed by atoms with Crippen LogP contribution in [0.3, 0.4) is 0 Å². The summed E-state index contributed by atoms with van der Waals surface area (Å²) in [5.74, 6) is 0.575. The normalized spacial score (nSPS) is 13.3. The van der Waals surface area contributed by atoms with Crippen molar-refractivity contribution >= 4 is 26.0 Å². The first-order valence-corrected chi connectivity index (χ1v) is 8.71. The number of hydrogen-bond acceptors (Lipinski definition) is 4. The van der Waals surface area contributed by atoms with Gasteiger partial charge in [-0.1, -0.05) is 28.1 Å². The molecule has 0 amide bonds. The molecule has 1 aromatic carbocycles. The fourth-order valence-electron chi connectivity index (χ4n) is 1.85. The van der Waals surface area contributed by atoms with E-state index in [0.29, 0.717) is 12.3 Å². The van der Waals surface area contributed by atoms with E-state index in [1.807, 2.05) is 31.2 Å². The highest BCUT2D eigenvalue weighted by Gasteiger charge is 2.16. The van der Waals surface area contributed by atoms with Crippen molar-refractivity contribution in [1.29, 1.82) is 0 Å². The van der Waals surface area contributed by atoms with Crippen LogP contribution in [0.2, 0.25) is 0 Å². The Hall–Kier alpha value is -1.15. The molecule has 0 bridgehead atoms. The molecular formula is C14H17BrN2O3S. The Bertz CT molecular complexity index is 713. The Morgan fingerprint density at radius 1 is 1.29 bits per heavy atom. The molecule has 0 unspecified atom stereocenters. The van der Waals surface area contributed by atoms with E-state index in [1.165, 1.54) is 13.1 Å². The lowest BCUT2D eigenvalue weighted by Gasteiger charge is -2.13. The van der Waals surface area contributed by atoms with Crippen LogP contribution >= 0.6 is 15.9 Å². The van der Waals surface area contributed by atoms with Crippen LogP contribution in [0, 0.1) is 0 Å². The molecule has 0 saturated heterocycles. The minimum atomic E-state index is -3.52. The first-order chi connectivity index (χ1) is 9.92. The monoisotopic (exact) mass is 372 g/mol. The van der Waals surface area contributed by atoms with E-state index in [4.69, 9.17) is 4.42 Å². The van der Waals surface area contributed by atoms with Crippen LogP contribution in [0.4, 0.5) is 0 Å². The van der Waals surface area contributed by atoms with E-state index in [9.17, 15) is 8.42 Å². The average molecular weight is 373 g/mol. The standard InChI is InChI=1S/C14H17BrN2O3S/c1-10(11-4-3-5-12(15)8-11)17-9-13-6-7-14(20-13)21(18,19)16-2/h3-8,10,16-17H,9H2,1-2H3/t10-/m0/s1. The molecule has 0 aliphatic rings. The van der Waals surface area contributed by atoms with Crippen LogP contribution in [-0.2, 0) is 16.6 Å². The molecule has 0 radical (unpaired) electrons. The Balaban J connectivity index is 2.00. The largest absolute Gasteiger partial charge is 0.447 e. The molecule has 7 heteroatoms. The van der Waals surface area contributed by atoms with Gasteiger partial charge in [-0.05, 0) is 43.8 Å². The van der Waals surface area contributed by atoms with Crippen molar-refractivity contribution in [2.24, 2.45) is 0 Å². The maximum atomic E-state index is 11.6. The van der Waals surface area contributed by atoms with E-state index in [0.717, 1.165) is 10.0 Å². The third-order valence-electron chi connectivity index (χ3n) is 3.10. The quantitative estimate of drug-likeness (QED) is 0.817. The molecule has 1 heterocycles. The number of furan rings is 1. The molecule has 21 heavy (non-hydrogen) atoms. The fraction of sp³-hybridized carbons (Fsp3) is 0.286. The van der Waals surface area contributed by atoms with Gasteiger partial charge in [-0.3, -0.25) is 0 Å². The molecule has 0 saturated carbocycles. The van der Waals surface area contributed by atoms with Crippen LogP contribution in [0.25, 0.3) is 0 Å². The number of sulfonamides is 1. The molecule has 114 valence electrons. The lowest BCUT2D eigenvalue weighted by atomic mass is 10.1. The van der Waals surface area contributed by atoms with Gasteiger partial charge in [0.25, 0.3) is 10.0 Å². The number of rotatable bonds is 6. The van der Waals surface area contributed by atoms with Gasteiger partial charge >= 0.3 is 0 Å². The van der Waals surface area contributed by atoms with Crippen molar-refractivity contribution in [3.63, 3.8) is 0 Å². The molecule has 2 N–H and O–H groups in total. The van der Waals surface area contributed by atoms with Gasteiger partial charge in [-0.15, -0.1) is 0 Å². The second-order valence-corrected chi connectivity index (χ2v) is 7.32. The van der Waals surface area contributed by atoms with Gasteiger partial charge in [0.05, 0.1) is 6.54 Å². The number of halogens is 1. The molecule has 1 atom stereocenters. The van der Waals surface area contributed by atoms with Crippen LogP contribution in [-0.4, -0.2) is 15.5 Å². The summed E-state index contributed by atoms with van der Waals surface area (Å²) in [5.41, 5.74) is 1.14. The molecule has 5 nitrogen and oxygen atoms in total. The van der Waals surface area contributed by atoms with Crippen molar-refractivity contribution < 1.29 is 12.8 Å². The van der Waals surface area contributed by atoms with Gasteiger partial charge in [-0.2, -0.15) is 0 Å². The number of benzene rings is 1. The number of nitrogens with one attached hydrogen (secondary N) is 2. The zero-order valence-electron chi connectivity index (χ0n) is 11.8.